The van der Waals surface area contributed by atoms with Crippen molar-refractivity contribution < 1.29 is 9.59 Å². The first-order valence-corrected chi connectivity index (χ1v) is 11.1. The molecule has 1 aliphatic carbocycles. The molecule has 7 nitrogen and oxygen atoms in total. The quantitative estimate of drug-likeness (QED) is 0.320. The summed E-state index contributed by atoms with van der Waals surface area (Å²) in [4.78, 5) is 32.8. The zero-order chi connectivity index (χ0) is 22.8. The van der Waals surface area contributed by atoms with Gasteiger partial charge in [-0.2, -0.15) is 0 Å². The molecule has 166 valence electrons. The van der Waals surface area contributed by atoms with Crippen LogP contribution in [0.25, 0.3) is 22.4 Å². The number of carbonyl (C=O) groups excluding carboxylic acids is 2. The smallest absolute Gasteiger partial charge is 0.255 e. The van der Waals surface area contributed by atoms with Gasteiger partial charge in [0.1, 0.15) is 5.82 Å². The van der Waals surface area contributed by atoms with Gasteiger partial charge in [-0.05, 0) is 79.6 Å². The van der Waals surface area contributed by atoms with Crippen LogP contribution in [0.5, 0.6) is 0 Å². The number of nitrogen functional groups attached to an aromatic ring is 1. The molecule has 4 aromatic rings. The lowest BCUT2D eigenvalue weighted by Gasteiger charge is -2.10. The number of rotatable bonds is 5. The Balaban J connectivity index is 1.29. The molecule has 0 spiro atoms. The maximum atomic E-state index is 12.5. The Morgan fingerprint density at radius 3 is 2.30 bits per heavy atom. The highest BCUT2D eigenvalue weighted by atomic mass is 16.2. The number of nitrogens with one attached hydrogen (secondary N) is 3. The van der Waals surface area contributed by atoms with Gasteiger partial charge in [-0.25, -0.2) is 4.98 Å². The highest BCUT2D eigenvalue weighted by Crippen LogP contribution is 2.27. The molecule has 33 heavy (non-hydrogen) atoms. The van der Waals surface area contributed by atoms with Crippen LogP contribution in [-0.2, 0) is 4.79 Å². The molecule has 1 heterocycles. The minimum atomic E-state index is -0.204. The largest absolute Gasteiger partial charge is 0.399 e. The van der Waals surface area contributed by atoms with Crippen LogP contribution in [-0.4, -0.2) is 21.8 Å². The third-order valence-electron chi connectivity index (χ3n) is 6.06. The molecular weight excluding hydrogens is 414 g/mol. The third-order valence-corrected chi connectivity index (χ3v) is 6.06. The summed E-state index contributed by atoms with van der Waals surface area (Å²) in [6, 6.07) is 20.0. The summed E-state index contributed by atoms with van der Waals surface area (Å²) in [5.74, 6) is 0.761. The molecule has 0 atom stereocenters. The van der Waals surface area contributed by atoms with E-state index in [1.54, 1.807) is 24.3 Å². The molecule has 0 aliphatic heterocycles. The molecule has 3 aromatic carbocycles. The van der Waals surface area contributed by atoms with E-state index in [9.17, 15) is 9.59 Å². The van der Waals surface area contributed by atoms with Crippen molar-refractivity contribution in [2.45, 2.75) is 25.7 Å². The molecular formula is C26H25N5O2. The van der Waals surface area contributed by atoms with Crippen LogP contribution in [0.1, 0.15) is 36.0 Å². The molecule has 0 unspecified atom stereocenters. The molecule has 0 bridgehead atoms. The number of hydrogen-bond donors (Lipinski definition) is 4. The number of nitrogens with zero attached hydrogens (tertiary/aromatic N) is 1. The Bertz CT molecular complexity index is 1300. The van der Waals surface area contributed by atoms with Gasteiger partial charge in [-0.15, -0.1) is 0 Å². The highest BCUT2D eigenvalue weighted by Gasteiger charge is 2.22. The average Bonchev–Trinajstić information content (AvgIpc) is 3.50. The number of aromatic nitrogens is 2. The summed E-state index contributed by atoms with van der Waals surface area (Å²) < 4.78 is 0. The van der Waals surface area contributed by atoms with Crippen molar-refractivity contribution in [2.24, 2.45) is 5.92 Å². The normalized spacial score (nSPS) is 13.8. The van der Waals surface area contributed by atoms with E-state index in [4.69, 9.17) is 5.73 Å². The van der Waals surface area contributed by atoms with Crippen molar-refractivity contribution in [3.63, 3.8) is 0 Å². The van der Waals surface area contributed by atoms with Crippen molar-refractivity contribution in [3.8, 4) is 11.4 Å². The van der Waals surface area contributed by atoms with Gasteiger partial charge in [0.2, 0.25) is 5.91 Å². The van der Waals surface area contributed by atoms with Gasteiger partial charge in [-0.1, -0.05) is 12.8 Å². The van der Waals surface area contributed by atoms with E-state index in [0.29, 0.717) is 16.9 Å². The van der Waals surface area contributed by atoms with E-state index in [2.05, 4.69) is 20.6 Å². The van der Waals surface area contributed by atoms with Crippen LogP contribution in [0.15, 0.2) is 66.7 Å². The fourth-order valence-electron chi connectivity index (χ4n) is 4.21. The first kappa shape index (κ1) is 20.8. The number of aromatic amines is 1. The van der Waals surface area contributed by atoms with Gasteiger partial charge in [0.25, 0.3) is 5.91 Å². The van der Waals surface area contributed by atoms with Crippen LogP contribution < -0.4 is 16.4 Å². The molecule has 7 heteroatoms. The second-order valence-corrected chi connectivity index (χ2v) is 8.44. The van der Waals surface area contributed by atoms with Crippen molar-refractivity contribution in [3.05, 3.63) is 72.3 Å². The van der Waals surface area contributed by atoms with E-state index in [0.717, 1.165) is 53.8 Å². The molecule has 5 rings (SSSR count). The Labute approximate surface area is 191 Å². The van der Waals surface area contributed by atoms with Gasteiger partial charge in [-0.3, -0.25) is 9.59 Å². The summed E-state index contributed by atoms with van der Waals surface area (Å²) >= 11 is 0. The van der Waals surface area contributed by atoms with E-state index in [-0.39, 0.29) is 17.7 Å². The molecule has 0 radical (unpaired) electrons. The lowest BCUT2D eigenvalue weighted by Crippen LogP contribution is -2.20. The summed E-state index contributed by atoms with van der Waals surface area (Å²) in [6.45, 7) is 0. The minimum absolute atomic E-state index is 0.109. The number of fused-ring (bicyclic) bond motifs is 1. The van der Waals surface area contributed by atoms with Crippen LogP contribution in [0.3, 0.4) is 0 Å². The monoisotopic (exact) mass is 439 g/mol. The van der Waals surface area contributed by atoms with E-state index in [1.165, 1.54) is 0 Å². The summed E-state index contributed by atoms with van der Waals surface area (Å²) in [7, 11) is 0. The zero-order valence-corrected chi connectivity index (χ0v) is 18.1. The molecule has 1 saturated carbocycles. The van der Waals surface area contributed by atoms with Gasteiger partial charge in [0.15, 0.2) is 0 Å². The number of H-pyrrole nitrogens is 1. The summed E-state index contributed by atoms with van der Waals surface area (Å²) in [5, 5.41) is 5.91. The fraction of sp³-hybridized carbons (Fsp3) is 0.192. The summed E-state index contributed by atoms with van der Waals surface area (Å²) in [6.07, 6.45) is 4.22. The topological polar surface area (TPSA) is 113 Å². The van der Waals surface area contributed by atoms with Crippen LogP contribution in [0.2, 0.25) is 0 Å². The van der Waals surface area contributed by atoms with Gasteiger partial charge < -0.3 is 21.4 Å². The number of nitrogens with two attached hydrogens (primary N) is 1. The van der Waals surface area contributed by atoms with Crippen LogP contribution >= 0.6 is 0 Å². The van der Waals surface area contributed by atoms with E-state index < -0.39 is 0 Å². The second-order valence-electron chi connectivity index (χ2n) is 8.44. The predicted molar refractivity (Wildman–Crippen MR) is 131 cm³/mol. The standard InChI is InChI=1S/C26H25N5O2/c27-19-9-5-18(6-10-19)26(33)29-21-13-14-22-23(15-21)31-24(30-22)16-7-11-20(12-8-16)28-25(32)17-3-1-2-4-17/h5-15,17H,1-4,27H2,(H,28,32)(H,29,33)(H,30,31). The number of anilines is 3. The Morgan fingerprint density at radius 1 is 0.879 bits per heavy atom. The molecule has 2 amide bonds. The fourth-order valence-corrected chi connectivity index (χ4v) is 4.21. The van der Waals surface area contributed by atoms with Crippen molar-refractivity contribution >= 4 is 39.9 Å². The Kier molecular flexibility index (Phi) is 5.52. The number of imidazole rings is 1. The summed E-state index contributed by atoms with van der Waals surface area (Å²) in [5.41, 5.74) is 10.8. The highest BCUT2D eigenvalue weighted by molar-refractivity contribution is 6.05. The van der Waals surface area contributed by atoms with Crippen molar-refractivity contribution in [1.82, 2.24) is 9.97 Å². The Morgan fingerprint density at radius 2 is 1.58 bits per heavy atom. The predicted octanol–water partition coefficient (Wildman–Crippen LogP) is 5.19. The number of hydrogen-bond acceptors (Lipinski definition) is 4. The lowest BCUT2D eigenvalue weighted by molar-refractivity contribution is -0.119. The average molecular weight is 440 g/mol. The Hall–Kier alpha value is -4.13. The molecule has 5 N–H and O–H groups in total. The maximum absolute atomic E-state index is 12.5. The van der Waals surface area contributed by atoms with E-state index in [1.807, 2.05) is 42.5 Å². The molecule has 1 aromatic heterocycles. The molecule has 0 saturated heterocycles. The van der Waals surface area contributed by atoms with E-state index >= 15 is 0 Å². The van der Waals surface area contributed by atoms with Crippen LogP contribution in [0, 0.1) is 5.92 Å². The van der Waals surface area contributed by atoms with Gasteiger partial charge >= 0.3 is 0 Å². The second kappa shape index (κ2) is 8.78. The van der Waals surface area contributed by atoms with Crippen molar-refractivity contribution in [2.75, 3.05) is 16.4 Å². The molecule has 1 aliphatic rings. The minimum Gasteiger partial charge on any atom is -0.399 e. The van der Waals surface area contributed by atoms with Crippen LogP contribution in [0.4, 0.5) is 17.1 Å². The molecule has 1 fully saturated rings. The zero-order valence-electron chi connectivity index (χ0n) is 18.1. The number of carbonyl (C=O) groups is 2. The number of amides is 2. The maximum Gasteiger partial charge on any atom is 0.255 e. The number of benzene rings is 3. The lowest BCUT2D eigenvalue weighted by atomic mass is 10.1. The first-order valence-electron chi connectivity index (χ1n) is 11.1. The van der Waals surface area contributed by atoms with Gasteiger partial charge in [0, 0.05) is 34.1 Å². The SMILES string of the molecule is Nc1ccc(C(=O)Nc2ccc3nc(-c4ccc(NC(=O)C5CCCC5)cc4)[nH]c3c2)cc1. The third kappa shape index (κ3) is 4.57. The van der Waals surface area contributed by atoms with Gasteiger partial charge in [0.05, 0.1) is 11.0 Å². The first-order chi connectivity index (χ1) is 16.0. The van der Waals surface area contributed by atoms with Crippen molar-refractivity contribution in [1.29, 1.82) is 0 Å².